The zero-order valence-electron chi connectivity index (χ0n) is 17.9. The molecule has 0 N–H and O–H groups in total. The zero-order chi connectivity index (χ0) is 21.0. The molecule has 2 atom stereocenters. The maximum Gasteiger partial charge on any atom is 0.236 e. The van der Waals surface area contributed by atoms with Gasteiger partial charge in [-0.15, -0.1) is 0 Å². The molecule has 0 aromatic heterocycles. The highest BCUT2D eigenvalue weighted by Gasteiger charge is 2.64. The molecule has 0 radical (unpaired) electrons. The number of likely N-dealkylation sites (tertiary alicyclic amines) is 1. The Labute approximate surface area is 172 Å². The standard InChI is InChI=1S/C23H31N3O3/c1-16(27)17-5-7-18(8-6-17)25-13-11-24(12-14-25)15-26-20(28)19-9-10-23(4,21(26)29)22(19,2)3/h5-8,19H,9-15H2,1-4H3. The van der Waals surface area contributed by atoms with Gasteiger partial charge in [-0.05, 0) is 49.4 Å². The van der Waals surface area contributed by atoms with E-state index in [2.05, 4.69) is 23.6 Å². The van der Waals surface area contributed by atoms with Crippen molar-refractivity contribution < 1.29 is 14.4 Å². The Kier molecular flexibility index (Phi) is 4.80. The monoisotopic (exact) mass is 397 g/mol. The summed E-state index contributed by atoms with van der Waals surface area (Å²) in [6, 6.07) is 7.72. The smallest absolute Gasteiger partial charge is 0.236 e. The number of hydrogen-bond acceptors (Lipinski definition) is 5. The van der Waals surface area contributed by atoms with Gasteiger partial charge < -0.3 is 4.90 Å². The van der Waals surface area contributed by atoms with Crippen LogP contribution in [0.15, 0.2) is 24.3 Å². The molecular weight excluding hydrogens is 366 g/mol. The van der Waals surface area contributed by atoms with Crippen LogP contribution in [0, 0.1) is 16.7 Å². The minimum absolute atomic E-state index is 0.00324. The van der Waals surface area contributed by atoms with Crippen molar-refractivity contribution in [2.24, 2.45) is 16.7 Å². The van der Waals surface area contributed by atoms with Crippen LogP contribution in [0.2, 0.25) is 0 Å². The molecule has 6 nitrogen and oxygen atoms in total. The van der Waals surface area contributed by atoms with Crippen molar-refractivity contribution in [3.63, 3.8) is 0 Å². The molecule has 2 saturated heterocycles. The third-order valence-corrected chi connectivity index (χ3v) is 7.86. The zero-order valence-corrected chi connectivity index (χ0v) is 17.9. The van der Waals surface area contributed by atoms with Gasteiger partial charge in [-0.1, -0.05) is 20.8 Å². The van der Waals surface area contributed by atoms with Gasteiger partial charge in [0.25, 0.3) is 0 Å². The minimum Gasteiger partial charge on any atom is -0.369 e. The van der Waals surface area contributed by atoms with E-state index < -0.39 is 5.41 Å². The van der Waals surface area contributed by atoms with E-state index in [1.807, 2.05) is 31.2 Å². The Bertz CT molecular complexity index is 839. The number of carbonyl (C=O) groups excluding carboxylic acids is 3. The summed E-state index contributed by atoms with van der Waals surface area (Å²) in [6.07, 6.45) is 1.62. The van der Waals surface area contributed by atoms with Gasteiger partial charge in [0.05, 0.1) is 12.1 Å². The topological polar surface area (TPSA) is 60.9 Å². The molecule has 2 aliphatic heterocycles. The van der Waals surface area contributed by atoms with Crippen molar-refractivity contribution in [1.82, 2.24) is 9.80 Å². The molecule has 2 amide bonds. The van der Waals surface area contributed by atoms with Gasteiger partial charge in [0.2, 0.25) is 11.8 Å². The molecule has 3 aliphatic rings. The van der Waals surface area contributed by atoms with Crippen molar-refractivity contribution in [2.45, 2.75) is 40.5 Å². The van der Waals surface area contributed by atoms with Crippen LogP contribution in [0.1, 0.15) is 50.9 Å². The predicted molar refractivity (Wildman–Crippen MR) is 112 cm³/mol. The second-order valence-corrected chi connectivity index (χ2v) is 9.57. The van der Waals surface area contributed by atoms with E-state index >= 15 is 0 Å². The highest BCUT2D eigenvalue weighted by molar-refractivity contribution is 6.03. The van der Waals surface area contributed by atoms with Crippen LogP contribution in [0.25, 0.3) is 0 Å². The molecular formula is C23H31N3O3. The van der Waals surface area contributed by atoms with Crippen molar-refractivity contribution in [3.05, 3.63) is 29.8 Å². The number of ketones is 1. The first kappa shape index (κ1) is 20.1. The quantitative estimate of drug-likeness (QED) is 0.578. The third kappa shape index (κ3) is 3.08. The number of carbonyl (C=O) groups is 3. The van der Waals surface area contributed by atoms with Crippen LogP contribution >= 0.6 is 0 Å². The molecule has 1 aromatic carbocycles. The molecule has 1 saturated carbocycles. The summed E-state index contributed by atoms with van der Waals surface area (Å²) in [5, 5.41) is 0. The fourth-order valence-corrected chi connectivity index (χ4v) is 5.29. The molecule has 29 heavy (non-hydrogen) atoms. The fraction of sp³-hybridized carbons (Fsp3) is 0.609. The molecule has 0 spiro atoms. The summed E-state index contributed by atoms with van der Waals surface area (Å²) >= 11 is 0. The number of rotatable bonds is 4. The lowest BCUT2D eigenvalue weighted by Gasteiger charge is -2.49. The van der Waals surface area contributed by atoms with Crippen LogP contribution in [0.3, 0.4) is 0 Å². The number of Topliss-reactive ketones (excluding diaryl/α,β-unsaturated/α-hetero) is 1. The van der Waals surface area contributed by atoms with Gasteiger partial charge >= 0.3 is 0 Å². The van der Waals surface area contributed by atoms with E-state index in [-0.39, 0.29) is 28.9 Å². The van der Waals surface area contributed by atoms with Crippen LogP contribution in [0.4, 0.5) is 5.69 Å². The molecule has 1 aliphatic carbocycles. The van der Waals surface area contributed by atoms with Crippen LogP contribution in [-0.4, -0.2) is 60.2 Å². The summed E-state index contributed by atoms with van der Waals surface area (Å²) in [7, 11) is 0. The van der Waals surface area contributed by atoms with E-state index in [0.717, 1.165) is 50.3 Å². The number of hydrogen-bond donors (Lipinski definition) is 0. The molecule has 2 bridgehead atoms. The number of anilines is 1. The second-order valence-electron chi connectivity index (χ2n) is 9.57. The summed E-state index contributed by atoms with van der Waals surface area (Å²) in [6.45, 7) is 11.4. The van der Waals surface area contributed by atoms with Gasteiger partial charge in [0, 0.05) is 43.3 Å². The SMILES string of the molecule is CC(=O)c1ccc(N2CCN(CN3C(=O)C4CCC(C)(C3=O)C4(C)C)CC2)cc1. The van der Waals surface area contributed by atoms with E-state index in [4.69, 9.17) is 0 Å². The molecule has 1 aromatic rings. The van der Waals surface area contributed by atoms with Gasteiger partial charge in [0.1, 0.15) is 0 Å². The lowest BCUT2D eigenvalue weighted by molar-refractivity contribution is -0.170. The van der Waals surface area contributed by atoms with Crippen molar-refractivity contribution in [1.29, 1.82) is 0 Å². The molecule has 3 fully saturated rings. The second kappa shape index (κ2) is 6.94. The number of piperazine rings is 1. The third-order valence-electron chi connectivity index (χ3n) is 7.86. The largest absolute Gasteiger partial charge is 0.369 e. The molecule has 2 unspecified atom stereocenters. The molecule has 156 valence electrons. The van der Waals surface area contributed by atoms with E-state index in [1.54, 1.807) is 6.92 Å². The van der Waals surface area contributed by atoms with Crippen molar-refractivity contribution in [3.8, 4) is 0 Å². The average Bonchev–Trinajstić information content (AvgIpc) is 2.89. The van der Waals surface area contributed by atoms with Crippen LogP contribution in [0.5, 0.6) is 0 Å². The Balaban J connectivity index is 1.39. The molecule has 6 heteroatoms. The lowest BCUT2D eigenvalue weighted by Crippen LogP contribution is -2.62. The summed E-state index contributed by atoms with van der Waals surface area (Å²) < 4.78 is 0. The highest BCUT2D eigenvalue weighted by Crippen LogP contribution is 2.60. The summed E-state index contributed by atoms with van der Waals surface area (Å²) in [5.41, 5.74) is 1.13. The number of nitrogens with zero attached hydrogens (tertiary/aromatic N) is 3. The Hall–Kier alpha value is -2.21. The molecule has 2 heterocycles. The molecule has 4 rings (SSSR count). The van der Waals surface area contributed by atoms with E-state index in [0.29, 0.717) is 6.67 Å². The Morgan fingerprint density at radius 2 is 1.66 bits per heavy atom. The summed E-state index contributed by atoms with van der Waals surface area (Å²) in [5.74, 6) is 0.0371. The number of fused-ring (bicyclic) bond motifs is 2. The van der Waals surface area contributed by atoms with Crippen molar-refractivity contribution >= 4 is 23.3 Å². The fourth-order valence-electron chi connectivity index (χ4n) is 5.29. The first-order valence-corrected chi connectivity index (χ1v) is 10.6. The normalized spacial score (nSPS) is 29.4. The van der Waals surface area contributed by atoms with Gasteiger partial charge in [-0.3, -0.25) is 24.2 Å². The van der Waals surface area contributed by atoms with Crippen LogP contribution < -0.4 is 4.90 Å². The number of piperidine rings is 1. The number of imide groups is 1. The maximum absolute atomic E-state index is 13.2. The first-order valence-electron chi connectivity index (χ1n) is 10.6. The van der Waals surface area contributed by atoms with Gasteiger partial charge in [0.15, 0.2) is 5.78 Å². The lowest BCUT2D eigenvalue weighted by atomic mass is 9.62. The first-order chi connectivity index (χ1) is 13.6. The Morgan fingerprint density at radius 3 is 2.24 bits per heavy atom. The Morgan fingerprint density at radius 1 is 1.03 bits per heavy atom. The van der Waals surface area contributed by atoms with Gasteiger partial charge in [-0.2, -0.15) is 0 Å². The highest BCUT2D eigenvalue weighted by atomic mass is 16.2. The maximum atomic E-state index is 13.2. The predicted octanol–water partition coefficient (Wildman–Crippen LogP) is 2.78. The number of benzene rings is 1. The summed E-state index contributed by atoms with van der Waals surface area (Å²) in [4.78, 5) is 43.7. The van der Waals surface area contributed by atoms with E-state index in [1.165, 1.54) is 4.90 Å². The average molecular weight is 398 g/mol. The van der Waals surface area contributed by atoms with Crippen molar-refractivity contribution in [2.75, 3.05) is 37.7 Å². The van der Waals surface area contributed by atoms with Gasteiger partial charge in [-0.25, -0.2) is 0 Å². The van der Waals surface area contributed by atoms with Crippen LogP contribution in [-0.2, 0) is 9.59 Å². The number of amides is 2. The minimum atomic E-state index is -0.439. The van der Waals surface area contributed by atoms with E-state index in [9.17, 15) is 14.4 Å².